The lowest BCUT2D eigenvalue weighted by Crippen LogP contribution is -2.29. The van der Waals surface area contributed by atoms with Crippen LogP contribution in [0.5, 0.6) is 0 Å². The quantitative estimate of drug-likeness (QED) is 0.851. The summed E-state index contributed by atoms with van der Waals surface area (Å²) >= 11 is 0. The van der Waals surface area contributed by atoms with Crippen LogP contribution in [0.25, 0.3) is 0 Å². The largest absolute Gasteiger partial charge is 0.480 e. The third kappa shape index (κ3) is 4.19. The van der Waals surface area contributed by atoms with Gasteiger partial charge in [0.25, 0.3) is 0 Å². The first-order valence-electron chi connectivity index (χ1n) is 5.72. The zero-order valence-electron chi connectivity index (χ0n) is 10.9. The lowest BCUT2D eigenvalue weighted by Gasteiger charge is -2.16. The van der Waals surface area contributed by atoms with Crippen molar-refractivity contribution < 1.29 is 14.3 Å². The minimum atomic E-state index is -0.838. The number of likely N-dealkylation sites (N-methyl/N-ethyl adjacent to an activating group) is 1. The number of aromatic nitrogens is 1. The van der Waals surface area contributed by atoms with E-state index in [2.05, 4.69) is 4.98 Å². The second-order valence-corrected chi connectivity index (χ2v) is 5.07. The van der Waals surface area contributed by atoms with Gasteiger partial charge in [0.1, 0.15) is 5.76 Å². The first-order valence-corrected chi connectivity index (χ1v) is 5.72. The Labute approximate surface area is 101 Å². The lowest BCUT2D eigenvalue weighted by molar-refractivity contribution is -0.138. The number of oxazole rings is 1. The van der Waals surface area contributed by atoms with Crippen molar-refractivity contribution >= 4 is 5.97 Å². The number of nitrogens with zero attached hydrogens (tertiary/aromatic N) is 2. The summed E-state index contributed by atoms with van der Waals surface area (Å²) in [6, 6.07) is 0. The van der Waals surface area contributed by atoms with Crippen molar-refractivity contribution in [3.63, 3.8) is 0 Å². The van der Waals surface area contributed by atoms with Gasteiger partial charge >= 0.3 is 5.97 Å². The van der Waals surface area contributed by atoms with Crippen molar-refractivity contribution in [3.05, 3.63) is 17.8 Å². The molecule has 1 heterocycles. The molecule has 0 unspecified atom stereocenters. The normalized spacial score (nSPS) is 12.1. The average Bonchev–Trinajstić information content (AvgIpc) is 2.63. The molecule has 1 aromatic heterocycles. The van der Waals surface area contributed by atoms with E-state index < -0.39 is 5.97 Å². The summed E-state index contributed by atoms with van der Waals surface area (Å²) in [5.41, 5.74) is -0.0743. The molecule has 0 bridgehead atoms. The van der Waals surface area contributed by atoms with Crippen molar-refractivity contribution in [2.45, 2.75) is 39.7 Å². The van der Waals surface area contributed by atoms with E-state index in [-0.39, 0.29) is 12.0 Å². The molecule has 0 atom stereocenters. The van der Waals surface area contributed by atoms with E-state index >= 15 is 0 Å². The van der Waals surface area contributed by atoms with Crippen LogP contribution >= 0.6 is 0 Å². The van der Waals surface area contributed by atoms with Crippen LogP contribution in [-0.4, -0.2) is 34.0 Å². The summed E-state index contributed by atoms with van der Waals surface area (Å²) in [4.78, 5) is 16.6. The fourth-order valence-electron chi connectivity index (χ4n) is 1.39. The van der Waals surface area contributed by atoms with Crippen molar-refractivity contribution in [1.82, 2.24) is 9.88 Å². The molecule has 1 rings (SSSR count). The predicted molar refractivity (Wildman–Crippen MR) is 63.8 cm³/mol. The van der Waals surface area contributed by atoms with Crippen LogP contribution in [-0.2, 0) is 16.8 Å². The van der Waals surface area contributed by atoms with Gasteiger partial charge in [-0.15, -0.1) is 0 Å². The van der Waals surface area contributed by atoms with Crippen LogP contribution in [0.4, 0.5) is 0 Å². The third-order valence-corrected chi connectivity index (χ3v) is 2.46. The molecule has 0 aliphatic rings. The van der Waals surface area contributed by atoms with Crippen LogP contribution in [0.1, 0.15) is 39.3 Å². The molecule has 0 saturated heterocycles. The summed E-state index contributed by atoms with van der Waals surface area (Å²) in [5.74, 6) is 0.548. The van der Waals surface area contributed by atoms with Crippen LogP contribution in [0.15, 0.2) is 10.6 Å². The first-order chi connectivity index (χ1) is 7.82. The molecular weight excluding hydrogens is 220 g/mol. The van der Waals surface area contributed by atoms with E-state index in [1.54, 1.807) is 11.1 Å². The molecule has 0 radical (unpaired) electrons. The molecule has 0 amide bonds. The van der Waals surface area contributed by atoms with Gasteiger partial charge in [-0.25, -0.2) is 4.98 Å². The smallest absolute Gasteiger partial charge is 0.317 e. The Morgan fingerprint density at radius 2 is 2.18 bits per heavy atom. The third-order valence-electron chi connectivity index (χ3n) is 2.46. The minimum Gasteiger partial charge on any atom is -0.480 e. The Morgan fingerprint density at radius 1 is 1.53 bits per heavy atom. The lowest BCUT2D eigenvalue weighted by atomic mass is 9.94. The number of rotatable bonds is 5. The topological polar surface area (TPSA) is 66.6 Å². The highest BCUT2D eigenvalue weighted by Gasteiger charge is 2.20. The fourth-order valence-corrected chi connectivity index (χ4v) is 1.39. The fraction of sp³-hybridized carbons (Fsp3) is 0.667. The Hall–Kier alpha value is -1.36. The second kappa shape index (κ2) is 5.31. The molecule has 96 valence electrons. The van der Waals surface area contributed by atoms with E-state index in [4.69, 9.17) is 9.52 Å². The molecule has 0 spiro atoms. The van der Waals surface area contributed by atoms with Gasteiger partial charge in [0.15, 0.2) is 0 Å². The number of carbonyl (C=O) groups is 1. The van der Waals surface area contributed by atoms with Gasteiger partial charge in [-0.1, -0.05) is 27.7 Å². The van der Waals surface area contributed by atoms with Crippen LogP contribution < -0.4 is 0 Å². The summed E-state index contributed by atoms with van der Waals surface area (Å²) < 4.78 is 5.62. The maximum absolute atomic E-state index is 10.6. The summed E-state index contributed by atoms with van der Waals surface area (Å²) in [5, 5.41) is 8.73. The minimum absolute atomic E-state index is 0.00370. The van der Waals surface area contributed by atoms with Gasteiger partial charge in [-0.05, 0) is 6.54 Å². The monoisotopic (exact) mass is 240 g/mol. The van der Waals surface area contributed by atoms with Gasteiger partial charge in [-0.3, -0.25) is 9.69 Å². The Balaban J connectivity index is 2.68. The predicted octanol–water partition coefficient (Wildman–Crippen LogP) is 1.88. The van der Waals surface area contributed by atoms with Crippen LogP contribution in [0.2, 0.25) is 0 Å². The second-order valence-electron chi connectivity index (χ2n) is 5.07. The molecule has 1 aromatic rings. The van der Waals surface area contributed by atoms with Gasteiger partial charge < -0.3 is 9.52 Å². The highest BCUT2D eigenvalue weighted by atomic mass is 16.4. The van der Waals surface area contributed by atoms with E-state index in [1.165, 1.54) is 0 Å². The van der Waals surface area contributed by atoms with E-state index in [9.17, 15) is 4.79 Å². The Bertz CT molecular complexity index is 379. The highest BCUT2D eigenvalue weighted by Crippen LogP contribution is 2.22. The summed E-state index contributed by atoms with van der Waals surface area (Å²) in [6.45, 7) is 9.14. The van der Waals surface area contributed by atoms with E-state index in [0.717, 1.165) is 5.76 Å². The maximum atomic E-state index is 10.6. The Morgan fingerprint density at radius 3 is 2.59 bits per heavy atom. The Kier molecular flexibility index (Phi) is 4.28. The average molecular weight is 240 g/mol. The molecule has 5 nitrogen and oxygen atoms in total. The summed E-state index contributed by atoms with van der Waals surface area (Å²) in [6.07, 6.45) is 1.71. The maximum Gasteiger partial charge on any atom is 0.317 e. The SMILES string of the molecule is CCN(CC(=O)O)Cc1ncc(C(C)(C)C)o1. The van der Waals surface area contributed by atoms with Crippen molar-refractivity contribution in [3.8, 4) is 0 Å². The molecule has 0 fully saturated rings. The standard InChI is InChI=1S/C12H20N2O3/c1-5-14(8-11(15)16)7-10-13-6-9(17-10)12(2,3)4/h6H,5,7-8H2,1-4H3,(H,15,16). The zero-order valence-corrected chi connectivity index (χ0v) is 10.9. The number of hydrogen-bond donors (Lipinski definition) is 1. The van der Waals surface area contributed by atoms with Crippen molar-refractivity contribution in [1.29, 1.82) is 0 Å². The number of hydrogen-bond acceptors (Lipinski definition) is 4. The molecule has 0 aliphatic carbocycles. The van der Waals surface area contributed by atoms with E-state index in [1.807, 2.05) is 27.7 Å². The van der Waals surface area contributed by atoms with Crippen LogP contribution in [0.3, 0.4) is 0 Å². The van der Waals surface area contributed by atoms with Crippen LogP contribution in [0, 0.1) is 0 Å². The molecule has 1 N–H and O–H groups in total. The molecule has 0 aromatic carbocycles. The molecule has 0 saturated carbocycles. The first kappa shape index (κ1) is 13.7. The molecule has 0 aliphatic heterocycles. The summed E-state index contributed by atoms with van der Waals surface area (Å²) in [7, 11) is 0. The van der Waals surface area contributed by atoms with Crippen molar-refractivity contribution in [2.75, 3.05) is 13.1 Å². The van der Waals surface area contributed by atoms with Gasteiger partial charge in [0, 0.05) is 5.41 Å². The van der Waals surface area contributed by atoms with Gasteiger partial charge in [-0.2, -0.15) is 0 Å². The molecule has 5 heteroatoms. The van der Waals surface area contributed by atoms with E-state index in [0.29, 0.717) is 19.0 Å². The number of carboxylic acids is 1. The highest BCUT2D eigenvalue weighted by molar-refractivity contribution is 5.69. The zero-order chi connectivity index (χ0) is 13.1. The number of carboxylic acid groups (broad SMARTS) is 1. The van der Waals surface area contributed by atoms with Crippen molar-refractivity contribution in [2.24, 2.45) is 0 Å². The van der Waals surface area contributed by atoms with Gasteiger partial charge in [0.05, 0.1) is 19.3 Å². The molecular formula is C12H20N2O3. The molecule has 17 heavy (non-hydrogen) atoms. The number of aliphatic carboxylic acids is 1. The van der Waals surface area contributed by atoms with Gasteiger partial charge in [0.2, 0.25) is 5.89 Å².